The Morgan fingerprint density at radius 2 is 0.782 bits per heavy atom. The molecular formula is C50H100N2O3. The minimum atomic E-state index is 0.0137. The summed E-state index contributed by atoms with van der Waals surface area (Å²) in [4.78, 5) is 30.9. The van der Waals surface area contributed by atoms with Crippen LogP contribution in [0.2, 0.25) is 0 Å². The first-order chi connectivity index (χ1) is 26.9. The molecule has 0 N–H and O–H groups in total. The van der Waals surface area contributed by atoms with Gasteiger partial charge in [-0.2, -0.15) is 0 Å². The van der Waals surface area contributed by atoms with Crippen molar-refractivity contribution in [3.05, 3.63) is 0 Å². The maximum absolute atomic E-state index is 13.7. The van der Waals surface area contributed by atoms with Gasteiger partial charge in [0.1, 0.15) is 0 Å². The molecule has 0 radical (unpaired) electrons. The largest absolute Gasteiger partial charge is 0.465 e. The molecule has 2 atom stereocenters. The third-order valence-corrected chi connectivity index (χ3v) is 12.0. The minimum Gasteiger partial charge on any atom is -0.465 e. The zero-order valence-corrected chi connectivity index (χ0v) is 38.6. The summed E-state index contributed by atoms with van der Waals surface area (Å²) >= 11 is 0. The van der Waals surface area contributed by atoms with E-state index in [4.69, 9.17) is 4.74 Å². The van der Waals surface area contributed by atoms with E-state index in [1.165, 1.54) is 193 Å². The molecule has 5 nitrogen and oxygen atoms in total. The van der Waals surface area contributed by atoms with E-state index in [1.54, 1.807) is 0 Å². The predicted octanol–water partition coefficient (Wildman–Crippen LogP) is 15.4. The van der Waals surface area contributed by atoms with Crippen molar-refractivity contribution in [2.75, 3.05) is 33.8 Å². The van der Waals surface area contributed by atoms with Crippen LogP contribution < -0.4 is 0 Å². The summed E-state index contributed by atoms with van der Waals surface area (Å²) in [6.07, 6.45) is 45.7. The van der Waals surface area contributed by atoms with Gasteiger partial charge in [0.05, 0.1) is 6.61 Å². The van der Waals surface area contributed by atoms with Gasteiger partial charge in [0.15, 0.2) is 0 Å². The van der Waals surface area contributed by atoms with Crippen molar-refractivity contribution < 1.29 is 14.3 Å². The second-order valence-electron chi connectivity index (χ2n) is 17.8. The van der Waals surface area contributed by atoms with E-state index >= 15 is 0 Å². The second-order valence-corrected chi connectivity index (χ2v) is 17.8. The van der Waals surface area contributed by atoms with Gasteiger partial charge in [-0.05, 0) is 58.5 Å². The lowest BCUT2D eigenvalue weighted by atomic mass is 9.95. The van der Waals surface area contributed by atoms with E-state index in [1.807, 2.05) is 0 Å². The molecule has 1 amide bonds. The van der Waals surface area contributed by atoms with E-state index < -0.39 is 0 Å². The van der Waals surface area contributed by atoms with Crippen molar-refractivity contribution in [1.29, 1.82) is 0 Å². The lowest BCUT2D eigenvalue weighted by Crippen LogP contribution is -2.42. The number of hydrogen-bond donors (Lipinski definition) is 0. The molecule has 328 valence electrons. The number of nitrogens with zero attached hydrogens (tertiary/aromatic N) is 2. The summed E-state index contributed by atoms with van der Waals surface area (Å²) < 4.78 is 5.87. The van der Waals surface area contributed by atoms with Gasteiger partial charge >= 0.3 is 5.97 Å². The summed E-state index contributed by atoms with van der Waals surface area (Å²) in [5, 5.41) is 0. The maximum atomic E-state index is 13.7. The van der Waals surface area contributed by atoms with Crippen molar-refractivity contribution in [2.24, 2.45) is 5.92 Å². The molecule has 0 fully saturated rings. The fraction of sp³-hybridized carbons (Fsp3) is 0.960. The van der Waals surface area contributed by atoms with E-state index in [2.05, 4.69) is 51.6 Å². The highest BCUT2D eigenvalue weighted by Gasteiger charge is 2.23. The van der Waals surface area contributed by atoms with Crippen LogP contribution in [0.25, 0.3) is 0 Å². The zero-order chi connectivity index (χ0) is 40.5. The average Bonchev–Trinajstić information content (AvgIpc) is 3.18. The second kappa shape index (κ2) is 42.5. The Hall–Kier alpha value is -1.10. The number of rotatable bonds is 44. The summed E-state index contributed by atoms with van der Waals surface area (Å²) in [7, 11) is 4.16. The third kappa shape index (κ3) is 37.0. The lowest BCUT2D eigenvalue weighted by molar-refractivity contribution is -0.145. The SMILES string of the molecule is CCCCCCCCCCC(CCCCCCCC(=O)OCC(CCCCCC)CCCCCCCC)N(CCCCCCCCCC)C(=O)CCN(C)C. The monoisotopic (exact) mass is 777 g/mol. The topological polar surface area (TPSA) is 49.9 Å². The molecule has 2 unspecified atom stereocenters. The van der Waals surface area contributed by atoms with Gasteiger partial charge < -0.3 is 14.5 Å². The van der Waals surface area contributed by atoms with Crippen LogP contribution in [-0.2, 0) is 14.3 Å². The first-order valence-electron chi connectivity index (χ1n) is 25.0. The molecule has 0 heterocycles. The molecule has 0 aliphatic rings. The van der Waals surface area contributed by atoms with Crippen LogP contribution in [0.5, 0.6) is 0 Å². The molecule has 0 aromatic carbocycles. The highest BCUT2D eigenvalue weighted by atomic mass is 16.5. The van der Waals surface area contributed by atoms with Gasteiger partial charge in [-0.15, -0.1) is 0 Å². The smallest absolute Gasteiger partial charge is 0.305 e. The lowest BCUT2D eigenvalue weighted by Gasteiger charge is -2.33. The molecule has 0 spiro atoms. The van der Waals surface area contributed by atoms with Gasteiger partial charge in [-0.3, -0.25) is 9.59 Å². The van der Waals surface area contributed by atoms with Crippen molar-refractivity contribution in [1.82, 2.24) is 9.80 Å². The predicted molar refractivity (Wildman–Crippen MR) is 242 cm³/mol. The van der Waals surface area contributed by atoms with Gasteiger partial charge in [0.25, 0.3) is 0 Å². The molecule has 0 saturated heterocycles. The first-order valence-corrected chi connectivity index (χ1v) is 25.0. The molecule has 0 aromatic heterocycles. The molecule has 0 rings (SSSR count). The average molecular weight is 777 g/mol. The normalized spacial score (nSPS) is 12.7. The number of hydrogen-bond acceptors (Lipinski definition) is 4. The molecule has 0 saturated carbocycles. The van der Waals surface area contributed by atoms with E-state index in [9.17, 15) is 9.59 Å². The van der Waals surface area contributed by atoms with Crippen LogP contribution in [0, 0.1) is 5.92 Å². The number of carbonyl (C=O) groups is 2. The van der Waals surface area contributed by atoms with Gasteiger partial charge in [-0.1, -0.05) is 214 Å². The molecule has 5 heteroatoms. The molecule has 0 aliphatic heterocycles. The fourth-order valence-corrected chi connectivity index (χ4v) is 8.21. The number of ether oxygens (including phenoxy) is 1. The van der Waals surface area contributed by atoms with Crippen molar-refractivity contribution in [3.63, 3.8) is 0 Å². The quantitative estimate of drug-likeness (QED) is 0.0457. The highest BCUT2D eigenvalue weighted by Crippen LogP contribution is 2.23. The minimum absolute atomic E-state index is 0.0137. The Bertz CT molecular complexity index is 802. The summed E-state index contributed by atoms with van der Waals surface area (Å²) in [5.74, 6) is 0.922. The number of unbranched alkanes of at least 4 members (excludes halogenated alkanes) is 26. The zero-order valence-electron chi connectivity index (χ0n) is 38.6. The van der Waals surface area contributed by atoms with Gasteiger partial charge in [0, 0.05) is 32.0 Å². The molecule has 0 aromatic rings. The standard InChI is InChI=1S/C50H100N2O3/c1-7-11-15-19-22-24-28-34-40-48(52(49(53)43-45-51(5)6)44-37-31-25-23-20-16-12-8-2)41-35-29-26-30-36-42-50(54)55-46-47(38-32-18-14-10-4)39-33-27-21-17-13-9-3/h47-48H,7-46H2,1-6H3. The van der Waals surface area contributed by atoms with Crippen LogP contribution in [0.1, 0.15) is 265 Å². The number of carbonyl (C=O) groups excluding carboxylic acids is 2. The van der Waals surface area contributed by atoms with Crippen LogP contribution >= 0.6 is 0 Å². The van der Waals surface area contributed by atoms with Crippen LogP contribution in [0.4, 0.5) is 0 Å². The summed E-state index contributed by atoms with van der Waals surface area (Å²) in [5.41, 5.74) is 0. The van der Waals surface area contributed by atoms with Crippen LogP contribution in [-0.4, -0.2) is 61.5 Å². The Morgan fingerprint density at radius 3 is 1.22 bits per heavy atom. The van der Waals surface area contributed by atoms with Crippen molar-refractivity contribution in [2.45, 2.75) is 271 Å². The Morgan fingerprint density at radius 1 is 0.418 bits per heavy atom. The van der Waals surface area contributed by atoms with E-state index in [0.717, 1.165) is 45.2 Å². The van der Waals surface area contributed by atoms with Gasteiger partial charge in [-0.25, -0.2) is 0 Å². The third-order valence-electron chi connectivity index (χ3n) is 12.0. The van der Waals surface area contributed by atoms with Crippen molar-refractivity contribution >= 4 is 11.9 Å². The maximum Gasteiger partial charge on any atom is 0.305 e. The highest BCUT2D eigenvalue weighted by molar-refractivity contribution is 5.76. The first kappa shape index (κ1) is 53.9. The molecule has 55 heavy (non-hydrogen) atoms. The van der Waals surface area contributed by atoms with Gasteiger partial charge in [0.2, 0.25) is 5.91 Å². The summed E-state index contributed by atoms with van der Waals surface area (Å²) in [6.45, 7) is 11.5. The molecule has 0 aliphatic carbocycles. The molecular weight excluding hydrogens is 677 g/mol. The Balaban J connectivity index is 4.90. The fourth-order valence-electron chi connectivity index (χ4n) is 8.21. The number of amides is 1. The van der Waals surface area contributed by atoms with E-state index in [0.29, 0.717) is 37.3 Å². The van der Waals surface area contributed by atoms with Crippen LogP contribution in [0.3, 0.4) is 0 Å². The van der Waals surface area contributed by atoms with E-state index in [-0.39, 0.29) is 5.97 Å². The van der Waals surface area contributed by atoms with Crippen LogP contribution in [0.15, 0.2) is 0 Å². The molecule has 0 bridgehead atoms. The number of esters is 1. The Kier molecular flexibility index (Phi) is 41.7. The van der Waals surface area contributed by atoms with Crippen molar-refractivity contribution in [3.8, 4) is 0 Å². The Labute approximate surface area is 346 Å². The summed E-state index contributed by atoms with van der Waals surface area (Å²) in [6, 6.07) is 0.376.